The minimum Gasteiger partial charge on any atom is -0.294 e. The quantitative estimate of drug-likeness (QED) is 0.742. The molecule has 0 aliphatic rings. The zero-order chi connectivity index (χ0) is 14.1. The second-order valence-corrected chi connectivity index (χ2v) is 5.70. The molecule has 0 fully saturated rings. The molecule has 1 aromatic carbocycles. The number of thiophene rings is 1. The highest BCUT2D eigenvalue weighted by Gasteiger charge is 2.08. The molecule has 0 unspecified atom stereocenters. The van der Waals surface area contributed by atoms with Crippen molar-refractivity contribution in [3.63, 3.8) is 0 Å². The van der Waals surface area contributed by atoms with E-state index in [1.165, 1.54) is 12.1 Å². The second kappa shape index (κ2) is 5.17. The number of aryl methyl sites for hydroxylation is 1. The number of hydrogen-bond donors (Lipinski definition) is 0. The number of rotatable bonds is 3. The minimum atomic E-state index is -0.278. The Bertz CT molecular complexity index is 805. The van der Waals surface area contributed by atoms with Crippen LogP contribution in [0.2, 0.25) is 0 Å². The van der Waals surface area contributed by atoms with Gasteiger partial charge in [0.05, 0.1) is 18.3 Å². The largest absolute Gasteiger partial charge is 0.294 e. The van der Waals surface area contributed by atoms with E-state index in [0.29, 0.717) is 11.9 Å². The number of nitrogens with zero attached hydrogens (tertiary/aromatic N) is 2. The van der Waals surface area contributed by atoms with Crippen molar-refractivity contribution in [2.75, 3.05) is 0 Å². The molecule has 2 aromatic heterocycles. The zero-order valence-electron chi connectivity index (χ0n) is 11.0. The molecule has 2 heterocycles. The van der Waals surface area contributed by atoms with E-state index >= 15 is 0 Å². The lowest BCUT2D eigenvalue weighted by Gasteiger charge is -2.05. The predicted molar refractivity (Wildman–Crippen MR) is 78.8 cm³/mol. The van der Waals surface area contributed by atoms with E-state index < -0.39 is 0 Å². The van der Waals surface area contributed by atoms with Crippen LogP contribution < -0.4 is 5.56 Å². The molecular weight excluding hydrogens is 275 g/mol. The highest BCUT2D eigenvalue weighted by Crippen LogP contribution is 2.21. The zero-order valence-corrected chi connectivity index (χ0v) is 11.8. The monoisotopic (exact) mass is 288 g/mol. The average Bonchev–Trinajstić information content (AvgIpc) is 2.88. The highest BCUT2D eigenvalue weighted by molar-refractivity contribution is 7.18. The first kappa shape index (κ1) is 13.0. The fraction of sp³-hybridized carbons (Fsp3) is 0.200. The molecule has 3 aromatic rings. The summed E-state index contributed by atoms with van der Waals surface area (Å²) in [5, 5.41) is 0.663. The van der Waals surface area contributed by atoms with Crippen LogP contribution in [0.15, 0.2) is 41.5 Å². The second-order valence-electron chi connectivity index (χ2n) is 4.59. The topological polar surface area (TPSA) is 34.9 Å². The Morgan fingerprint density at radius 1 is 1.30 bits per heavy atom. The Morgan fingerprint density at radius 3 is 2.75 bits per heavy atom. The summed E-state index contributed by atoms with van der Waals surface area (Å²) in [6.07, 6.45) is 2.46. The standard InChI is InChI=1S/C15H13FN2OS/c1-2-12-7-13-14(20-12)17-9-18(15(13)19)8-10-3-5-11(16)6-4-10/h3-7,9H,2,8H2,1H3. The Balaban J connectivity index is 2.01. The SMILES string of the molecule is CCc1cc2c(=O)n(Cc3ccc(F)cc3)cnc2s1. The molecule has 0 saturated carbocycles. The van der Waals surface area contributed by atoms with Crippen LogP contribution in [0.25, 0.3) is 10.2 Å². The third-order valence-corrected chi connectivity index (χ3v) is 4.37. The molecule has 20 heavy (non-hydrogen) atoms. The molecule has 0 saturated heterocycles. The van der Waals surface area contributed by atoms with Gasteiger partial charge in [0.15, 0.2) is 0 Å². The summed E-state index contributed by atoms with van der Waals surface area (Å²) in [5.74, 6) is -0.278. The fourth-order valence-electron chi connectivity index (χ4n) is 2.08. The summed E-state index contributed by atoms with van der Waals surface area (Å²) in [4.78, 5) is 18.7. The van der Waals surface area contributed by atoms with Crippen molar-refractivity contribution in [2.45, 2.75) is 19.9 Å². The van der Waals surface area contributed by atoms with Crippen LogP contribution in [0.5, 0.6) is 0 Å². The number of halogens is 1. The highest BCUT2D eigenvalue weighted by atomic mass is 32.1. The molecule has 0 spiro atoms. The number of hydrogen-bond acceptors (Lipinski definition) is 3. The fourth-order valence-corrected chi connectivity index (χ4v) is 3.01. The van der Waals surface area contributed by atoms with E-state index in [-0.39, 0.29) is 11.4 Å². The van der Waals surface area contributed by atoms with Gasteiger partial charge in [0.1, 0.15) is 10.6 Å². The van der Waals surface area contributed by atoms with Crippen LogP contribution in [0.1, 0.15) is 17.4 Å². The Morgan fingerprint density at radius 2 is 2.05 bits per heavy atom. The molecule has 5 heteroatoms. The lowest BCUT2D eigenvalue weighted by atomic mass is 10.2. The third-order valence-electron chi connectivity index (χ3n) is 3.18. The number of fused-ring (bicyclic) bond motifs is 1. The van der Waals surface area contributed by atoms with Crippen LogP contribution in [-0.2, 0) is 13.0 Å². The van der Waals surface area contributed by atoms with E-state index in [4.69, 9.17) is 0 Å². The van der Waals surface area contributed by atoms with Crippen molar-refractivity contribution < 1.29 is 4.39 Å². The maximum Gasteiger partial charge on any atom is 0.262 e. The lowest BCUT2D eigenvalue weighted by molar-refractivity contribution is 0.626. The van der Waals surface area contributed by atoms with Crippen molar-refractivity contribution in [1.29, 1.82) is 0 Å². The van der Waals surface area contributed by atoms with Crippen LogP contribution >= 0.6 is 11.3 Å². The van der Waals surface area contributed by atoms with E-state index in [2.05, 4.69) is 11.9 Å². The summed E-state index contributed by atoms with van der Waals surface area (Å²) in [6.45, 7) is 2.46. The van der Waals surface area contributed by atoms with Crippen molar-refractivity contribution in [1.82, 2.24) is 9.55 Å². The van der Waals surface area contributed by atoms with E-state index in [0.717, 1.165) is 21.7 Å². The molecule has 0 atom stereocenters. The van der Waals surface area contributed by atoms with Gasteiger partial charge >= 0.3 is 0 Å². The molecule has 0 amide bonds. The molecule has 0 radical (unpaired) electrons. The summed E-state index contributed by atoms with van der Waals surface area (Å²) >= 11 is 1.55. The summed E-state index contributed by atoms with van der Waals surface area (Å²) in [5.41, 5.74) is 0.830. The molecule has 102 valence electrons. The Kier molecular flexibility index (Phi) is 3.36. The van der Waals surface area contributed by atoms with Crippen LogP contribution in [-0.4, -0.2) is 9.55 Å². The van der Waals surface area contributed by atoms with Crippen molar-refractivity contribution in [3.05, 3.63) is 63.3 Å². The molecular formula is C15H13FN2OS. The van der Waals surface area contributed by atoms with Gasteiger partial charge < -0.3 is 0 Å². The van der Waals surface area contributed by atoms with Gasteiger partial charge in [-0.1, -0.05) is 19.1 Å². The summed E-state index contributed by atoms with van der Waals surface area (Å²) < 4.78 is 14.4. The maximum atomic E-state index is 12.9. The smallest absolute Gasteiger partial charge is 0.262 e. The Hall–Kier alpha value is -2.01. The molecule has 0 N–H and O–H groups in total. The predicted octanol–water partition coefficient (Wildman–Crippen LogP) is 3.21. The van der Waals surface area contributed by atoms with Crippen LogP contribution in [0.3, 0.4) is 0 Å². The normalized spacial score (nSPS) is 11.1. The molecule has 3 nitrogen and oxygen atoms in total. The third kappa shape index (κ3) is 2.36. The van der Waals surface area contributed by atoms with Crippen molar-refractivity contribution >= 4 is 21.6 Å². The van der Waals surface area contributed by atoms with Crippen molar-refractivity contribution in [2.24, 2.45) is 0 Å². The summed E-state index contributed by atoms with van der Waals surface area (Å²) in [6, 6.07) is 8.06. The van der Waals surface area contributed by atoms with Gasteiger partial charge in [0.25, 0.3) is 5.56 Å². The van der Waals surface area contributed by atoms with Crippen LogP contribution in [0, 0.1) is 5.82 Å². The van der Waals surface area contributed by atoms with Gasteiger partial charge in [-0.05, 0) is 30.2 Å². The summed E-state index contributed by atoms with van der Waals surface area (Å²) in [7, 11) is 0. The molecule has 0 aliphatic carbocycles. The first-order chi connectivity index (χ1) is 9.67. The van der Waals surface area contributed by atoms with Gasteiger partial charge in [-0.15, -0.1) is 11.3 Å². The van der Waals surface area contributed by atoms with Crippen LogP contribution in [0.4, 0.5) is 4.39 Å². The number of aromatic nitrogens is 2. The molecule has 0 bridgehead atoms. The first-order valence-electron chi connectivity index (χ1n) is 6.39. The minimum absolute atomic E-state index is 0.0460. The Labute approximate surface area is 119 Å². The van der Waals surface area contributed by atoms with Crippen molar-refractivity contribution in [3.8, 4) is 0 Å². The number of benzene rings is 1. The van der Waals surface area contributed by atoms with E-state index in [1.54, 1.807) is 34.4 Å². The van der Waals surface area contributed by atoms with Gasteiger partial charge in [-0.3, -0.25) is 9.36 Å². The first-order valence-corrected chi connectivity index (χ1v) is 7.21. The maximum absolute atomic E-state index is 12.9. The van der Waals surface area contributed by atoms with Gasteiger partial charge in [-0.25, -0.2) is 9.37 Å². The lowest BCUT2D eigenvalue weighted by Crippen LogP contribution is -2.20. The van der Waals surface area contributed by atoms with Gasteiger partial charge in [0.2, 0.25) is 0 Å². The van der Waals surface area contributed by atoms with Gasteiger partial charge in [-0.2, -0.15) is 0 Å². The van der Waals surface area contributed by atoms with E-state index in [9.17, 15) is 9.18 Å². The molecule has 3 rings (SSSR count). The van der Waals surface area contributed by atoms with E-state index in [1.807, 2.05) is 6.07 Å². The van der Waals surface area contributed by atoms with Gasteiger partial charge in [0, 0.05) is 4.88 Å². The average molecular weight is 288 g/mol. The molecule has 0 aliphatic heterocycles.